The Kier molecular flexibility index (Phi) is 60.5. The summed E-state index contributed by atoms with van der Waals surface area (Å²) >= 11 is 0. The zero-order chi connectivity index (χ0) is 57.1. The zero-order valence-electron chi connectivity index (χ0n) is 50.3. The molecule has 0 aromatic carbocycles. The van der Waals surface area contributed by atoms with Crippen molar-refractivity contribution >= 4 is 17.9 Å². The third kappa shape index (κ3) is 63.2. The number of rotatable bonds is 54. The Labute approximate surface area is 484 Å². The molecule has 0 saturated heterocycles. The van der Waals surface area contributed by atoms with Crippen LogP contribution in [-0.4, -0.2) is 37.2 Å². The maximum absolute atomic E-state index is 12.9. The molecule has 0 aliphatic heterocycles. The number of hydrogen-bond acceptors (Lipinski definition) is 6. The fraction of sp³-hybridized carbons (Fsp3) is 0.548. The van der Waals surface area contributed by atoms with Crippen LogP contribution in [0.5, 0.6) is 0 Å². The van der Waals surface area contributed by atoms with E-state index in [9.17, 15) is 14.4 Å². The first-order valence-electron chi connectivity index (χ1n) is 31.3. The smallest absolute Gasteiger partial charge is 0.306 e. The Morgan fingerprint density at radius 2 is 0.481 bits per heavy atom. The molecule has 0 saturated carbocycles. The van der Waals surface area contributed by atoms with Gasteiger partial charge in [-0.1, -0.05) is 261 Å². The van der Waals surface area contributed by atoms with Crippen LogP contribution in [0.25, 0.3) is 0 Å². The van der Waals surface area contributed by atoms with Gasteiger partial charge >= 0.3 is 17.9 Å². The first-order chi connectivity index (χ1) is 39.0. The standard InChI is InChI=1S/C73H112O6/c1-4-7-10-13-16-19-22-25-27-29-31-32-33-34-35-36-37-38-39-40-42-43-45-48-51-54-57-60-63-66-72(75)78-69-70(68-77-71(74)65-62-59-56-53-50-47-24-21-18-15-12-9-6-3)79-73(76)67-64-61-58-55-52-49-46-44-41-30-28-26-23-20-17-14-11-8-5-2/h7-12,16-21,25-28,31-32,34-35,37-38,41,44,47,49-50,52,56,59,70H,4-6,13-15,22-24,29-30,33,36,39-40,42-43,45-46,48,51,53-55,57-58,60-69H2,1-3H3/b10-7-,11-8-,12-9-,19-16-,20-17-,21-18-,27-25-,28-26-,32-31-,35-34-,38-37-,44-41-,50-47-,52-49-,59-56-. The van der Waals surface area contributed by atoms with Gasteiger partial charge in [-0.2, -0.15) is 0 Å². The molecule has 1 atom stereocenters. The summed E-state index contributed by atoms with van der Waals surface area (Å²) in [5.74, 6) is -1.06. The largest absolute Gasteiger partial charge is 0.462 e. The van der Waals surface area contributed by atoms with Gasteiger partial charge in [0.05, 0.1) is 0 Å². The second kappa shape index (κ2) is 65.0. The van der Waals surface area contributed by atoms with Crippen LogP contribution in [0, 0.1) is 0 Å². The highest BCUT2D eigenvalue weighted by atomic mass is 16.6. The van der Waals surface area contributed by atoms with E-state index in [1.54, 1.807) is 0 Å². The molecule has 0 amide bonds. The summed E-state index contributed by atoms with van der Waals surface area (Å²) in [6, 6.07) is 0. The summed E-state index contributed by atoms with van der Waals surface area (Å²) in [6.45, 7) is 6.18. The van der Waals surface area contributed by atoms with Crippen LogP contribution in [0.4, 0.5) is 0 Å². The minimum Gasteiger partial charge on any atom is -0.462 e. The molecule has 0 rings (SSSR count). The summed E-state index contributed by atoms with van der Waals surface area (Å²) in [5.41, 5.74) is 0. The molecule has 0 aliphatic carbocycles. The topological polar surface area (TPSA) is 78.9 Å². The zero-order valence-corrected chi connectivity index (χ0v) is 50.3. The van der Waals surface area contributed by atoms with Gasteiger partial charge in [0, 0.05) is 19.3 Å². The number of carbonyl (C=O) groups is 3. The molecular weight excluding hydrogens is 973 g/mol. The number of ether oxygens (including phenoxy) is 3. The van der Waals surface area contributed by atoms with Crippen LogP contribution >= 0.6 is 0 Å². The van der Waals surface area contributed by atoms with Crippen molar-refractivity contribution in [1.82, 2.24) is 0 Å². The fourth-order valence-electron chi connectivity index (χ4n) is 7.84. The van der Waals surface area contributed by atoms with Gasteiger partial charge in [-0.3, -0.25) is 14.4 Å². The highest BCUT2D eigenvalue weighted by Gasteiger charge is 2.19. The first kappa shape index (κ1) is 73.5. The van der Waals surface area contributed by atoms with Gasteiger partial charge in [0.15, 0.2) is 6.10 Å². The van der Waals surface area contributed by atoms with Crippen LogP contribution < -0.4 is 0 Å². The van der Waals surface area contributed by atoms with E-state index >= 15 is 0 Å². The van der Waals surface area contributed by atoms with Gasteiger partial charge in [0.25, 0.3) is 0 Å². The third-order valence-electron chi connectivity index (χ3n) is 12.4. The Morgan fingerprint density at radius 1 is 0.253 bits per heavy atom. The van der Waals surface area contributed by atoms with Gasteiger partial charge in [-0.05, 0) is 141 Å². The number of hydrogen-bond donors (Lipinski definition) is 0. The Bertz CT molecular complexity index is 1870. The maximum atomic E-state index is 12.9. The van der Waals surface area contributed by atoms with Crippen LogP contribution in [0.3, 0.4) is 0 Å². The molecule has 0 aliphatic rings. The SMILES string of the molecule is CC/C=C\C/C=C\C/C=C\C/C=C\C/C=C\C/C=C\CCCCCCCCCCCCC(=O)OCC(COC(=O)CC/C=C\C/C=C\C/C=C\C/C=C\CC)OC(=O)CCCCC/C=C\C/C=C\C/C=C\C/C=C\C/C=C\CC. The highest BCUT2D eigenvalue weighted by Crippen LogP contribution is 2.14. The lowest BCUT2D eigenvalue weighted by molar-refractivity contribution is -0.166. The van der Waals surface area contributed by atoms with Crippen molar-refractivity contribution in [1.29, 1.82) is 0 Å². The second-order valence-corrected chi connectivity index (χ2v) is 19.8. The van der Waals surface area contributed by atoms with Crippen molar-refractivity contribution in [3.63, 3.8) is 0 Å². The molecule has 0 fully saturated rings. The lowest BCUT2D eigenvalue weighted by atomic mass is 10.1. The fourth-order valence-corrected chi connectivity index (χ4v) is 7.84. The van der Waals surface area contributed by atoms with Crippen molar-refractivity contribution in [3.05, 3.63) is 182 Å². The third-order valence-corrected chi connectivity index (χ3v) is 12.4. The first-order valence-corrected chi connectivity index (χ1v) is 31.3. The molecule has 79 heavy (non-hydrogen) atoms. The molecule has 0 N–H and O–H groups in total. The van der Waals surface area contributed by atoms with Crippen molar-refractivity contribution in [3.8, 4) is 0 Å². The van der Waals surface area contributed by atoms with Crippen molar-refractivity contribution < 1.29 is 28.6 Å². The average molecular weight is 1090 g/mol. The molecule has 0 heterocycles. The molecule has 0 aromatic rings. The lowest BCUT2D eigenvalue weighted by Crippen LogP contribution is -2.30. The summed E-state index contributed by atoms with van der Waals surface area (Å²) < 4.78 is 16.8. The Balaban J connectivity index is 4.43. The Hall–Kier alpha value is -5.49. The van der Waals surface area contributed by atoms with E-state index in [0.717, 1.165) is 141 Å². The molecule has 0 spiro atoms. The number of unbranched alkanes of at least 4 members (excludes halogenated alkanes) is 13. The molecule has 6 heteroatoms. The Morgan fingerprint density at radius 3 is 0.797 bits per heavy atom. The van der Waals surface area contributed by atoms with E-state index in [0.29, 0.717) is 19.3 Å². The molecule has 440 valence electrons. The predicted molar refractivity (Wildman–Crippen MR) is 343 cm³/mol. The number of carbonyl (C=O) groups excluding carboxylic acids is 3. The van der Waals surface area contributed by atoms with Gasteiger partial charge in [-0.25, -0.2) is 0 Å². The molecular formula is C73H112O6. The summed E-state index contributed by atoms with van der Waals surface area (Å²) in [7, 11) is 0. The van der Waals surface area contributed by atoms with Gasteiger partial charge < -0.3 is 14.2 Å². The molecule has 1 unspecified atom stereocenters. The molecule has 0 bridgehead atoms. The van der Waals surface area contributed by atoms with E-state index in [2.05, 4.69) is 191 Å². The van der Waals surface area contributed by atoms with Gasteiger partial charge in [0.1, 0.15) is 13.2 Å². The highest BCUT2D eigenvalue weighted by molar-refractivity contribution is 5.71. The number of esters is 3. The second-order valence-electron chi connectivity index (χ2n) is 19.8. The van der Waals surface area contributed by atoms with E-state index in [1.807, 2.05) is 12.2 Å². The van der Waals surface area contributed by atoms with Gasteiger partial charge in [-0.15, -0.1) is 0 Å². The van der Waals surface area contributed by atoms with Crippen LogP contribution in [0.15, 0.2) is 182 Å². The summed E-state index contributed by atoms with van der Waals surface area (Å²) in [5, 5.41) is 0. The van der Waals surface area contributed by atoms with Crippen LogP contribution in [0.1, 0.15) is 239 Å². The molecule has 0 radical (unpaired) electrons. The van der Waals surface area contributed by atoms with Crippen LogP contribution in [-0.2, 0) is 28.6 Å². The number of allylic oxidation sites excluding steroid dienone is 30. The van der Waals surface area contributed by atoms with E-state index in [4.69, 9.17) is 14.2 Å². The van der Waals surface area contributed by atoms with Crippen molar-refractivity contribution in [2.24, 2.45) is 0 Å². The van der Waals surface area contributed by atoms with E-state index in [1.165, 1.54) is 44.9 Å². The normalized spacial score (nSPS) is 13.4. The summed E-state index contributed by atoms with van der Waals surface area (Å²) in [6.07, 6.45) is 97.7. The molecule has 0 aromatic heterocycles. The quantitative estimate of drug-likeness (QED) is 0.0261. The van der Waals surface area contributed by atoms with Crippen molar-refractivity contribution in [2.45, 2.75) is 245 Å². The molecule has 6 nitrogen and oxygen atoms in total. The maximum Gasteiger partial charge on any atom is 0.306 e. The van der Waals surface area contributed by atoms with E-state index < -0.39 is 6.10 Å². The van der Waals surface area contributed by atoms with Crippen molar-refractivity contribution in [2.75, 3.05) is 13.2 Å². The van der Waals surface area contributed by atoms with E-state index in [-0.39, 0.29) is 44.0 Å². The average Bonchev–Trinajstić information content (AvgIpc) is 3.45. The lowest BCUT2D eigenvalue weighted by Gasteiger charge is -2.18. The minimum atomic E-state index is -0.837. The summed E-state index contributed by atoms with van der Waals surface area (Å²) in [4.78, 5) is 38.2. The van der Waals surface area contributed by atoms with Crippen LogP contribution in [0.2, 0.25) is 0 Å². The minimum absolute atomic E-state index is 0.125. The van der Waals surface area contributed by atoms with Gasteiger partial charge in [0.2, 0.25) is 0 Å². The monoisotopic (exact) mass is 1080 g/mol. The predicted octanol–water partition coefficient (Wildman–Crippen LogP) is 21.7.